The maximum absolute atomic E-state index is 6.18. The van der Waals surface area contributed by atoms with Gasteiger partial charge in [0.1, 0.15) is 17.2 Å². The van der Waals surface area contributed by atoms with Crippen LogP contribution >= 0.6 is 0 Å². The van der Waals surface area contributed by atoms with E-state index in [4.69, 9.17) is 19.9 Å². The molecule has 1 atom stereocenters. The van der Waals surface area contributed by atoms with Crippen molar-refractivity contribution in [1.29, 1.82) is 0 Å². The Hall–Kier alpha value is -1.68. The van der Waals surface area contributed by atoms with Gasteiger partial charge in [0.15, 0.2) is 0 Å². The molecule has 0 fully saturated rings. The monoisotopic (exact) mass is 251 g/mol. The molecule has 4 nitrogen and oxygen atoms in total. The number of benzene rings is 1. The second-order valence-electron chi connectivity index (χ2n) is 3.92. The van der Waals surface area contributed by atoms with Crippen molar-refractivity contribution in [2.24, 2.45) is 5.73 Å². The summed E-state index contributed by atoms with van der Waals surface area (Å²) in [5, 5.41) is 0. The Morgan fingerprint density at radius 1 is 1.17 bits per heavy atom. The van der Waals surface area contributed by atoms with Crippen LogP contribution in [0.4, 0.5) is 0 Å². The molecular weight excluding hydrogens is 230 g/mol. The highest BCUT2D eigenvalue weighted by atomic mass is 16.5. The Kier molecular flexibility index (Phi) is 5.52. The average molecular weight is 251 g/mol. The SMILES string of the molecule is C=CCC[C@H](N)c1c(OC)cc(OC)cc1OC. The van der Waals surface area contributed by atoms with Gasteiger partial charge in [-0.1, -0.05) is 6.08 Å². The molecule has 0 saturated heterocycles. The van der Waals surface area contributed by atoms with Gasteiger partial charge < -0.3 is 19.9 Å². The van der Waals surface area contributed by atoms with Gasteiger partial charge in [-0.2, -0.15) is 0 Å². The number of nitrogens with two attached hydrogens (primary N) is 1. The summed E-state index contributed by atoms with van der Waals surface area (Å²) in [5.74, 6) is 2.05. The van der Waals surface area contributed by atoms with Crippen LogP contribution in [0.25, 0.3) is 0 Å². The smallest absolute Gasteiger partial charge is 0.131 e. The van der Waals surface area contributed by atoms with Crippen LogP contribution in [0, 0.1) is 0 Å². The van der Waals surface area contributed by atoms with Crippen molar-refractivity contribution < 1.29 is 14.2 Å². The summed E-state index contributed by atoms with van der Waals surface area (Å²) >= 11 is 0. The van der Waals surface area contributed by atoms with E-state index in [9.17, 15) is 0 Å². The molecule has 0 bridgehead atoms. The molecule has 1 aromatic carbocycles. The van der Waals surface area contributed by atoms with Crippen molar-refractivity contribution in [1.82, 2.24) is 0 Å². The first-order valence-electron chi connectivity index (χ1n) is 5.84. The molecule has 100 valence electrons. The highest BCUT2D eigenvalue weighted by Gasteiger charge is 2.18. The van der Waals surface area contributed by atoms with E-state index in [0.717, 1.165) is 18.4 Å². The number of allylic oxidation sites excluding steroid dienone is 1. The molecule has 0 amide bonds. The van der Waals surface area contributed by atoms with Crippen LogP contribution in [0.15, 0.2) is 24.8 Å². The van der Waals surface area contributed by atoms with Gasteiger partial charge in [0, 0.05) is 18.2 Å². The highest BCUT2D eigenvalue weighted by molar-refractivity contribution is 5.52. The fourth-order valence-electron chi connectivity index (χ4n) is 1.84. The van der Waals surface area contributed by atoms with Gasteiger partial charge >= 0.3 is 0 Å². The Bertz CT molecular complexity index is 379. The molecule has 0 saturated carbocycles. The number of rotatable bonds is 7. The van der Waals surface area contributed by atoms with Crippen LogP contribution in [-0.4, -0.2) is 21.3 Å². The minimum absolute atomic E-state index is 0.154. The van der Waals surface area contributed by atoms with E-state index in [2.05, 4.69) is 6.58 Å². The molecule has 0 unspecified atom stereocenters. The quantitative estimate of drug-likeness (QED) is 0.757. The molecule has 2 N–H and O–H groups in total. The van der Waals surface area contributed by atoms with Crippen molar-refractivity contribution >= 4 is 0 Å². The third-order valence-electron chi connectivity index (χ3n) is 2.81. The van der Waals surface area contributed by atoms with Gasteiger partial charge in [-0.15, -0.1) is 6.58 Å². The van der Waals surface area contributed by atoms with Crippen molar-refractivity contribution in [3.63, 3.8) is 0 Å². The van der Waals surface area contributed by atoms with E-state index >= 15 is 0 Å². The zero-order valence-electron chi connectivity index (χ0n) is 11.2. The highest BCUT2D eigenvalue weighted by Crippen LogP contribution is 2.38. The zero-order chi connectivity index (χ0) is 13.5. The molecule has 0 aromatic heterocycles. The standard InChI is InChI=1S/C14H21NO3/c1-5-6-7-11(15)14-12(17-3)8-10(16-2)9-13(14)18-4/h5,8-9,11H,1,6-7,15H2,2-4H3/t11-/m0/s1. The van der Waals surface area contributed by atoms with Gasteiger partial charge in [0.2, 0.25) is 0 Å². The van der Waals surface area contributed by atoms with Crippen LogP contribution in [0.2, 0.25) is 0 Å². The third kappa shape index (κ3) is 3.17. The van der Waals surface area contributed by atoms with Crippen LogP contribution in [0.5, 0.6) is 17.2 Å². The van der Waals surface area contributed by atoms with Crippen molar-refractivity contribution in [2.75, 3.05) is 21.3 Å². The summed E-state index contributed by atoms with van der Waals surface area (Å²) in [4.78, 5) is 0. The lowest BCUT2D eigenvalue weighted by Crippen LogP contribution is -2.13. The summed E-state index contributed by atoms with van der Waals surface area (Å²) in [6, 6.07) is 3.47. The van der Waals surface area contributed by atoms with E-state index < -0.39 is 0 Å². The first kappa shape index (κ1) is 14.4. The summed E-state index contributed by atoms with van der Waals surface area (Å²) in [6.45, 7) is 3.70. The molecule has 1 aromatic rings. The molecule has 0 radical (unpaired) electrons. The van der Waals surface area contributed by atoms with Crippen molar-refractivity contribution in [3.8, 4) is 17.2 Å². The number of ether oxygens (including phenoxy) is 3. The molecule has 0 heterocycles. The van der Waals surface area contributed by atoms with Gasteiger partial charge in [-0.25, -0.2) is 0 Å². The van der Waals surface area contributed by atoms with Crippen LogP contribution in [0.1, 0.15) is 24.4 Å². The molecular formula is C14H21NO3. The van der Waals surface area contributed by atoms with Crippen molar-refractivity contribution in [3.05, 3.63) is 30.4 Å². The van der Waals surface area contributed by atoms with E-state index in [1.54, 1.807) is 21.3 Å². The first-order valence-corrected chi connectivity index (χ1v) is 5.84. The summed E-state index contributed by atoms with van der Waals surface area (Å²) < 4.78 is 15.9. The van der Waals surface area contributed by atoms with E-state index in [0.29, 0.717) is 17.2 Å². The largest absolute Gasteiger partial charge is 0.496 e. The maximum atomic E-state index is 6.18. The average Bonchev–Trinajstić information content (AvgIpc) is 2.42. The van der Waals surface area contributed by atoms with Gasteiger partial charge in [-0.3, -0.25) is 0 Å². The van der Waals surface area contributed by atoms with Crippen LogP contribution in [-0.2, 0) is 0 Å². The predicted octanol–water partition coefficient (Wildman–Crippen LogP) is 2.68. The Morgan fingerprint density at radius 3 is 2.11 bits per heavy atom. The number of hydrogen-bond acceptors (Lipinski definition) is 4. The van der Waals surface area contributed by atoms with Crippen LogP contribution in [0.3, 0.4) is 0 Å². The fourth-order valence-corrected chi connectivity index (χ4v) is 1.84. The molecule has 0 aliphatic rings. The van der Waals surface area contributed by atoms with Gasteiger partial charge in [-0.05, 0) is 12.8 Å². The lowest BCUT2D eigenvalue weighted by Gasteiger charge is -2.19. The molecule has 0 spiro atoms. The van der Waals surface area contributed by atoms with Crippen LogP contribution < -0.4 is 19.9 Å². The Balaban J connectivity index is 3.17. The van der Waals surface area contributed by atoms with E-state index in [1.165, 1.54) is 0 Å². The minimum atomic E-state index is -0.154. The second-order valence-corrected chi connectivity index (χ2v) is 3.92. The normalized spacial score (nSPS) is 11.8. The minimum Gasteiger partial charge on any atom is -0.496 e. The van der Waals surface area contributed by atoms with Gasteiger partial charge in [0.25, 0.3) is 0 Å². The van der Waals surface area contributed by atoms with E-state index in [-0.39, 0.29) is 6.04 Å². The summed E-state index contributed by atoms with van der Waals surface area (Å²) in [6.07, 6.45) is 3.49. The lowest BCUT2D eigenvalue weighted by molar-refractivity contribution is 0.362. The van der Waals surface area contributed by atoms with Gasteiger partial charge in [0.05, 0.1) is 26.9 Å². The third-order valence-corrected chi connectivity index (χ3v) is 2.81. The maximum Gasteiger partial charge on any atom is 0.131 e. The number of methoxy groups -OCH3 is 3. The van der Waals surface area contributed by atoms with E-state index in [1.807, 2.05) is 18.2 Å². The molecule has 0 aliphatic carbocycles. The molecule has 1 rings (SSSR count). The Labute approximate surface area is 108 Å². The Morgan fingerprint density at radius 2 is 1.72 bits per heavy atom. The summed E-state index contributed by atoms with van der Waals surface area (Å²) in [7, 11) is 4.82. The summed E-state index contributed by atoms with van der Waals surface area (Å²) in [5.41, 5.74) is 7.04. The molecule has 0 aliphatic heterocycles. The topological polar surface area (TPSA) is 53.7 Å². The first-order chi connectivity index (χ1) is 8.67. The molecule has 4 heteroatoms. The lowest BCUT2D eigenvalue weighted by atomic mass is 10.0. The molecule has 18 heavy (non-hydrogen) atoms. The van der Waals surface area contributed by atoms with Crippen molar-refractivity contribution in [2.45, 2.75) is 18.9 Å². The fraction of sp³-hybridized carbons (Fsp3) is 0.429. The zero-order valence-corrected chi connectivity index (χ0v) is 11.2. The second kappa shape index (κ2) is 6.91. The number of hydrogen-bond donors (Lipinski definition) is 1. The predicted molar refractivity (Wildman–Crippen MR) is 72.5 cm³/mol.